The molecule has 0 bridgehead atoms. The van der Waals surface area contributed by atoms with E-state index in [-0.39, 0.29) is 17.4 Å². The highest BCUT2D eigenvalue weighted by Gasteiger charge is 2.15. The van der Waals surface area contributed by atoms with E-state index in [1.54, 1.807) is 13.0 Å². The molecule has 0 aliphatic carbocycles. The summed E-state index contributed by atoms with van der Waals surface area (Å²) in [6.07, 6.45) is 0. The maximum Gasteiger partial charge on any atom is 0.274 e. The van der Waals surface area contributed by atoms with Crippen LogP contribution in [0.15, 0.2) is 36.4 Å². The number of hydrogen-bond donors (Lipinski definition) is 1. The van der Waals surface area contributed by atoms with Crippen LogP contribution in [0, 0.1) is 17.0 Å². The van der Waals surface area contributed by atoms with E-state index in [4.69, 9.17) is 9.47 Å². The molecule has 0 radical (unpaired) electrons. The first-order valence-corrected chi connectivity index (χ1v) is 6.51. The Morgan fingerprint density at radius 3 is 2.86 bits per heavy atom. The van der Waals surface area contributed by atoms with E-state index in [0.29, 0.717) is 12.1 Å². The van der Waals surface area contributed by atoms with Crippen molar-refractivity contribution < 1.29 is 14.4 Å². The highest BCUT2D eigenvalue weighted by Crippen LogP contribution is 2.33. The van der Waals surface area contributed by atoms with Crippen LogP contribution in [0.3, 0.4) is 0 Å². The van der Waals surface area contributed by atoms with Crippen molar-refractivity contribution in [3.8, 4) is 11.5 Å². The molecule has 0 atom stereocenters. The summed E-state index contributed by atoms with van der Waals surface area (Å²) in [5.41, 5.74) is 2.51. The van der Waals surface area contributed by atoms with Crippen LogP contribution in [0.4, 0.5) is 11.4 Å². The van der Waals surface area contributed by atoms with Crippen LogP contribution in [-0.4, -0.2) is 11.7 Å². The van der Waals surface area contributed by atoms with Crippen LogP contribution < -0.4 is 14.8 Å². The molecule has 1 aliphatic rings. The van der Waals surface area contributed by atoms with Crippen LogP contribution in [0.1, 0.15) is 11.1 Å². The molecule has 0 fully saturated rings. The molecule has 21 heavy (non-hydrogen) atoms. The third kappa shape index (κ3) is 2.60. The first kappa shape index (κ1) is 13.2. The van der Waals surface area contributed by atoms with E-state index in [2.05, 4.69) is 5.32 Å². The zero-order valence-electron chi connectivity index (χ0n) is 11.5. The Bertz CT molecular complexity index is 700. The maximum atomic E-state index is 10.9. The molecule has 6 nitrogen and oxygen atoms in total. The fourth-order valence-electron chi connectivity index (χ4n) is 2.26. The Morgan fingerprint density at radius 2 is 2.05 bits per heavy atom. The van der Waals surface area contributed by atoms with Crippen LogP contribution in [0.2, 0.25) is 0 Å². The third-order valence-electron chi connectivity index (χ3n) is 3.42. The average Bonchev–Trinajstić information content (AvgIpc) is 2.93. The van der Waals surface area contributed by atoms with E-state index in [1.807, 2.05) is 24.3 Å². The summed E-state index contributed by atoms with van der Waals surface area (Å²) in [5.74, 6) is 1.47. The minimum Gasteiger partial charge on any atom is -0.454 e. The molecule has 6 heteroatoms. The smallest absolute Gasteiger partial charge is 0.274 e. The minimum atomic E-state index is -0.374. The molecule has 3 rings (SSSR count). The lowest BCUT2D eigenvalue weighted by molar-refractivity contribution is -0.385. The monoisotopic (exact) mass is 286 g/mol. The maximum absolute atomic E-state index is 10.9. The summed E-state index contributed by atoms with van der Waals surface area (Å²) in [7, 11) is 0. The van der Waals surface area contributed by atoms with Gasteiger partial charge >= 0.3 is 0 Å². The number of nitro benzene ring substituents is 1. The van der Waals surface area contributed by atoms with Gasteiger partial charge in [0.15, 0.2) is 11.5 Å². The molecule has 2 aromatic carbocycles. The van der Waals surface area contributed by atoms with E-state index in [1.165, 1.54) is 6.07 Å². The average molecular weight is 286 g/mol. The number of nitro groups is 1. The number of hydrogen-bond acceptors (Lipinski definition) is 5. The summed E-state index contributed by atoms with van der Waals surface area (Å²) in [5, 5.41) is 14.1. The summed E-state index contributed by atoms with van der Waals surface area (Å²) < 4.78 is 10.6. The van der Waals surface area contributed by atoms with Crippen molar-refractivity contribution in [2.24, 2.45) is 0 Å². The quantitative estimate of drug-likeness (QED) is 0.690. The zero-order chi connectivity index (χ0) is 14.8. The fourth-order valence-corrected chi connectivity index (χ4v) is 2.26. The molecular formula is C15H14N2O4. The Balaban J connectivity index is 1.76. The van der Waals surface area contributed by atoms with E-state index >= 15 is 0 Å². The molecule has 1 aliphatic heterocycles. The molecule has 0 saturated carbocycles. The molecule has 2 aromatic rings. The molecule has 0 spiro atoms. The van der Waals surface area contributed by atoms with Crippen LogP contribution in [0.5, 0.6) is 11.5 Å². The number of fused-ring (bicyclic) bond motifs is 1. The summed E-state index contributed by atoms with van der Waals surface area (Å²) in [6, 6.07) is 10.7. The Morgan fingerprint density at radius 1 is 1.24 bits per heavy atom. The van der Waals surface area contributed by atoms with Crippen LogP contribution in [-0.2, 0) is 6.54 Å². The van der Waals surface area contributed by atoms with Gasteiger partial charge in [-0.15, -0.1) is 0 Å². The van der Waals surface area contributed by atoms with Crippen molar-refractivity contribution in [3.05, 3.63) is 57.6 Å². The SMILES string of the molecule is Cc1c(NCc2ccc3c(c2)OCO3)cccc1[N+](=O)[O-]. The third-order valence-corrected chi connectivity index (χ3v) is 3.42. The van der Waals surface area contributed by atoms with Gasteiger partial charge in [0.05, 0.1) is 4.92 Å². The number of nitrogens with zero attached hydrogens (tertiary/aromatic N) is 1. The second kappa shape index (κ2) is 5.32. The molecular weight excluding hydrogens is 272 g/mol. The number of benzene rings is 2. The molecule has 108 valence electrons. The second-order valence-electron chi connectivity index (χ2n) is 4.75. The number of nitrogens with one attached hydrogen (secondary N) is 1. The predicted molar refractivity (Wildman–Crippen MR) is 77.7 cm³/mol. The van der Waals surface area contributed by atoms with Crippen LogP contribution >= 0.6 is 0 Å². The molecule has 0 saturated heterocycles. The largest absolute Gasteiger partial charge is 0.454 e. The lowest BCUT2D eigenvalue weighted by atomic mass is 10.1. The van der Waals surface area contributed by atoms with Crippen molar-refractivity contribution in [2.45, 2.75) is 13.5 Å². The molecule has 0 aromatic heterocycles. The van der Waals surface area contributed by atoms with Gasteiger partial charge in [-0.05, 0) is 30.7 Å². The van der Waals surface area contributed by atoms with E-state index in [9.17, 15) is 10.1 Å². The summed E-state index contributed by atoms with van der Waals surface area (Å²) >= 11 is 0. The van der Waals surface area contributed by atoms with E-state index in [0.717, 1.165) is 22.7 Å². The highest BCUT2D eigenvalue weighted by molar-refractivity contribution is 5.60. The first-order chi connectivity index (χ1) is 10.1. The number of rotatable bonds is 4. The van der Waals surface area contributed by atoms with Crippen molar-refractivity contribution in [1.29, 1.82) is 0 Å². The zero-order valence-corrected chi connectivity index (χ0v) is 11.5. The normalized spacial score (nSPS) is 12.2. The van der Waals surface area contributed by atoms with Gasteiger partial charge in [0.2, 0.25) is 6.79 Å². The predicted octanol–water partition coefficient (Wildman–Crippen LogP) is 3.24. The van der Waals surface area contributed by atoms with Gasteiger partial charge in [-0.1, -0.05) is 12.1 Å². The molecule has 0 unspecified atom stereocenters. The Hall–Kier alpha value is -2.76. The van der Waals surface area contributed by atoms with E-state index < -0.39 is 0 Å². The van der Waals surface area contributed by atoms with Crippen LogP contribution in [0.25, 0.3) is 0 Å². The highest BCUT2D eigenvalue weighted by atomic mass is 16.7. The molecule has 1 N–H and O–H groups in total. The van der Waals surface area contributed by atoms with Gasteiger partial charge < -0.3 is 14.8 Å². The van der Waals surface area contributed by atoms with Crippen molar-refractivity contribution in [1.82, 2.24) is 0 Å². The topological polar surface area (TPSA) is 73.6 Å². The summed E-state index contributed by atoms with van der Waals surface area (Å²) in [4.78, 5) is 10.5. The van der Waals surface area contributed by atoms with Crippen molar-refractivity contribution in [3.63, 3.8) is 0 Å². The van der Waals surface area contributed by atoms with Gasteiger partial charge in [-0.3, -0.25) is 10.1 Å². The number of anilines is 1. The van der Waals surface area contributed by atoms with Gasteiger partial charge in [-0.2, -0.15) is 0 Å². The van der Waals surface area contributed by atoms with Crippen molar-refractivity contribution in [2.75, 3.05) is 12.1 Å². The standard InChI is InChI=1S/C15H14N2O4/c1-10-12(3-2-4-13(10)17(18)19)16-8-11-5-6-14-15(7-11)21-9-20-14/h2-7,16H,8-9H2,1H3. The lowest BCUT2D eigenvalue weighted by Crippen LogP contribution is -2.02. The number of ether oxygens (including phenoxy) is 2. The molecule has 0 amide bonds. The van der Waals surface area contributed by atoms with Crippen molar-refractivity contribution >= 4 is 11.4 Å². The van der Waals surface area contributed by atoms with Gasteiger partial charge in [-0.25, -0.2) is 0 Å². The Labute approximate surface area is 121 Å². The summed E-state index contributed by atoms with van der Waals surface area (Å²) in [6.45, 7) is 2.54. The second-order valence-corrected chi connectivity index (χ2v) is 4.75. The van der Waals surface area contributed by atoms with Gasteiger partial charge in [0, 0.05) is 23.9 Å². The van der Waals surface area contributed by atoms with Gasteiger partial charge in [0.1, 0.15) is 0 Å². The molecule has 1 heterocycles. The first-order valence-electron chi connectivity index (χ1n) is 6.51. The minimum absolute atomic E-state index is 0.116. The fraction of sp³-hybridized carbons (Fsp3) is 0.200. The van der Waals surface area contributed by atoms with Gasteiger partial charge in [0.25, 0.3) is 5.69 Å². The Kier molecular flexibility index (Phi) is 3.35. The lowest BCUT2D eigenvalue weighted by Gasteiger charge is -2.10.